The van der Waals surface area contributed by atoms with Crippen molar-refractivity contribution in [1.82, 2.24) is 15.6 Å². The molecule has 0 aliphatic rings. The Morgan fingerprint density at radius 1 is 1.25 bits per heavy atom. The molecule has 0 amide bonds. The second-order valence-corrected chi connectivity index (χ2v) is 4.87. The van der Waals surface area contributed by atoms with Crippen molar-refractivity contribution in [3.63, 3.8) is 0 Å². The maximum Gasteiger partial charge on any atom is 0.191 e. The summed E-state index contributed by atoms with van der Waals surface area (Å²) < 4.78 is 0. The second kappa shape index (κ2) is 6.48. The molecule has 0 saturated heterocycles. The van der Waals surface area contributed by atoms with Gasteiger partial charge in [-0.1, -0.05) is 0 Å². The Morgan fingerprint density at radius 2 is 1.88 bits per heavy atom. The fourth-order valence-electron chi connectivity index (χ4n) is 1.38. The monoisotopic (exact) mass is 240 g/mol. The average Bonchev–Trinajstić information content (AvgIpc) is 2.54. The van der Waals surface area contributed by atoms with Gasteiger partial charge in [-0.25, -0.2) is 9.98 Å². The number of rotatable bonds is 4. The highest BCUT2D eigenvalue weighted by atomic mass is 32.1. The highest BCUT2D eigenvalue weighted by molar-refractivity contribution is 7.11. The van der Waals surface area contributed by atoms with Crippen LogP contribution in [0, 0.1) is 13.8 Å². The minimum atomic E-state index is 0.644. The van der Waals surface area contributed by atoms with Crippen LogP contribution in [0.1, 0.15) is 29.4 Å². The summed E-state index contributed by atoms with van der Waals surface area (Å²) in [6.45, 7) is 10.6. The number of hydrogen-bond donors (Lipinski definition) is 2. The summed E-state index contributed by atoms with van der Waals surface area (Å²) in [5.74, 6) is 0.857. The molecular weight excluding hydrogens is 220 g/mol. The summed E-state index contributed by atoms with van der Waals surface area (Å²) in [7, 11) is 0. The van der Waals surface area contributed by atoms with Gasteiger partial charge in [0.05, 0.1) is 17.2 Å². The molecule has 0 atom stereocenters. The Labute approximate surface area is 101 Å². The van der Waals surface area contributed by atoms with E-state index in [9.17, 15) is 0 Å². The molecule has 0 bridgehead atoms. The van der Waals surface area contributed by atoms with Gasteiger partial charge in [-0.3, -0.25) is 0 Å². The Hall–Kier alpha value is -1.10. The van der Waals surface area contributed by atoms with Gasteiger partial charge in [-0.05, 0) is 27.7 Å². The second-order valence-electron chi connectivity index (χ2n) is 3.46. The predicted octanol–water partition coefficient (Wildman–Crippen LogP) is 1.83. The summed E-state index contributed by atoms with van der Waals surface area (Å²) in [4.78, 5) is 10.2. The van der Waals surface area contributed by atoms with Crippen LogP contribution in [-0.2, 0) is 6.54 Å². The van der Waals surface area contributed by atoms with Gasteiger partial charge in [-0.15, -0.1) is 11.3 Å². The zero-order chi connectivity index (χ0) is 12.0. The molecular formula is C11H20N4S. The van der Waals surface area contributed by atoms with Crippen LogP contribution in [0.25, 0.3) is 0 Å². The van der Waals surface area contributed by atoms with E-state index in [1.807, 2.05) is 6.92 Å². The smallest absolute Gasteiger partial charge is 0.191 e. The Morgan fingerprint density at radius 3 is 2.31 bits per heavy atom. The molecule has 0 spiro atoms. The van der Waals surface area contributed by atoms with Crippen LogP contribution in [0.4, 0.5) is 0 Å². The fourth-order valence-corrected chi connectivity index (χ4v) is 2.21. The van der Waals surface area contributed by atoms with E-state index in [-0.39, 0.29) is 0 Å². The van der Waals surface area contributed by atoms with E-state index in [1.54, 1.807) is 11.3 Å². The molecule has 90 valence electrons. The van der Waals surface area contributed by atoms with Gasteiger partial charge < -0.3 is 10.6 Å². The van der Waals surface area contributed by atoms with Crippen molar-refractivity contribution in [1.29, 1.82) is 0 Å². The minimum absolute atomic E-state index is 0.644. The molecule has 1 aromatic heterocycles. The van der Waals surface area contributed by atoms with Crippen LogP contribution >= 0.6 is 11.3 Å². The first kappa shape index (κ1) is 13.0. The van der Waals surface area contributed by atoms with Crippen LogP contribution in [-0.4, -0.2) is 24.0 Å². The highest BCUT2D eigenvalue weighted by Gasteiger charge is 2.04. The van der Waals surface area contributed by atoms with Crippen LogP contribution in [0.2, 0.25) is 0 Å². The predicted molar refractivity (Wildman–Crippen MR) is 70.1 cm³/mol. The van der Waals surface area contributed by atoms with Gasteiger partial charge in [0.1, 0.15) is 0 Å². The quantitative estimate of drug-likeness (QED) is 0.623. The van der Waals surface area contributed by atoms with Crippen molar-refractivity contribution in [3.05, 3.63) is 15.6 Å². The third-order valence-corrected chi connectivity index (χ3v) is 3.00. The summed E-state index contributed by atoms with van der Waals surface area (Å²) in [5, 5.41) is 7.50. The van der Waals surface area contributed by atoms with E-state index in [0.717, 1.165) is 29.8 Å². The molecule has 0 unspecified atom stereocenters. The van der Waals surface area contributed by atoms with Crippen molar-refractivity contribution in [2.75, 3.05) is 13.1 Å². The lowest BCUT2D eigenvalue weighted by Gasteiger charge is -2.08. The zero-order valence-electron chi connectivity index (χ0n) is 10.4. The SMILES string of the molecule is CCNC(=NCc1nc(C)sc1C)NCC. The summed E-state index contributed by atoms with van der Waals surface area (Å²) in [6.07, 6.45) is 0. The summed E-state index contributed by atoms with van der Waals surface area (Å²) in [5.41, 5.74) is 1.08. The first-order chi connectivity index (χ1) is 7.67. The molecule has 0 aromatic carbocycles. The number of guanidine groups is 1. The molecule has 0 radical (unpaired) electrons. The third-order valence-electron chi connectivity index (χ3n) is 2.07. The molecule has 1 aromatic rings. The first-order valence-electron chi connectivity index (χ1n) is 5.62. The molecule has 0 saturated carbocycles. The highest BCUT2D eigenvalue weighted by Crippen LogP contribution is 2.16. The van der Waals surface area contributed by atoms with Gasteiger partial charge in [0, 0.05) is 18.0 Å². The van der Waals surface area contributed by atoms with Crippen LogP contribution < -0.4 is 10.6 Å². The van der Waals surface area contributed by atoms with E-state index < -0.39 is 0 Å². The maximum atomic E-state index is 4.49. The number of aromatic nitrogens is 1. The van der Waals surface area contributed by atoms with Crippen LogP contribution in [0.3, 0.4) is 0 Å². The maximum absolute atomic E-state index is 4.49. The molecule has 4 nitrogen and oxygen atoms in total. The molecule has 0 aliphatic heterocycles. The van der Waals surface area contributed by atoms with Gasteiger partial charge in [0.15, 0.2) is 5.96 Å². The number of aryl methyl sites for hydroxylation is 2. The van der Waals surface area contributed by atoms with E-state index >= 15 is 0 Å². The van der Waals surface area contributed by atoms with Crippen molar-refractivity contribution in [3.8, 4) is 0 Å². The van der Waals surface area contributed by atoms with Gasteiger partial charge in [0.25, 0.3) is 0 Å². The van der Waals surface area contributed by atoms with E-state index in [4.69, 9.17) is 0 Å². The lowest BCUT2D eigenvalue weighted by Crippen LogP contribution is -2.37. The molecule has 2 N–H and O–H groups in total. The van der Waals surface area contributed by atoms with E-state index in [2.05, 4.69) is 41.4 Å². The van der Waals surface area contributed by atoms with Gasteiger partial charge in [0.2, 0.25) is 0 Å². The number of thiazole rings is 1. The van der Waals surface area contributed by atoms with E-state index in [0.29, 0.717) is 6.54 Å². The Balaban J connectivity index is 2.64. The molecule has 16 heavy (non-hydrogen) atoms. The lowest BCUT2D eigenvalue weighted by molar-refractivity contribution is 0.833. The van der Waals surface area contributed by atoms with E-state index in [1.165, 1.54) is 4.88 Å². The van der Waals surface area contributed by atoms with Gasteiger partial charge >= 0.3 is 0 Å². The molecule has 0 aliphatic carbocycles. The van der Waals surface area contributed by atoms with Gasteiger partial charge in [-0.2, -0.15) is 0 Å². The fraction of sp³-hybridized carbons (Fsp3) is 0.636. The van der Waals surface area contributed by atoms with Crippen molar-refractivity contribution in [2.45, 2.75) is 34.2 Å². The standard InChI is InChI=1S/C11H20N4S/c1-5-12-11(13-6-2)14-7-10-8(3)16-9(4)15-10/h5-7H2,1-4H3,(H2,12,13,14). The van der Waals surface area contributed by atoms with Crippen molar-refractivity contribution < 1.29 is 0 Å². The largest absolute Gasteiger partial charge is 0.357 e. The van der Waals surface area contributed by atoms with Crippen molar-refractivity contribution in [2.24, 2.45) is 4.99 Å². The third kappa shape index (κ3) is 3.81. The number of nitrogens with zero attached hydrogens (tertiary/aromatic N) is 2. The molecule has 1 heterocycles. The average molecular weight is 240 g/mol. The Bertz CT molecular complexity index is 349. The minimum Gasteiger partial charge on any atom is -0.357 e. The lowest BCUT2D eigenvalue weighted by atomic mass is 10.4. The van der Waals surface area contributed by atoms with Crippen LogP contribution in [0.5, 0.6) is 0 Å². The molecule has 5 heteroatoms. The normalized spacial score (nSPS) is 10.0. The molecule has 1 rings (SSSR count). The number of hydrogen-bond acceptors (Lipinski definition) is 3. The Kier molecular flexibility index (Phi) is 5.25. The van der Waals surface area contributed by atoms with Crippen LogP contribution in [0.15, 0.2) is 4.99 Å². The van der Waals surface area contributed by atoms with Crippen molar-refractivity contribution >= 4 is 17.3 Å². The molecule has 0 fully saturated rings. The summed E-state index contributed by atoms with van der Waals surface area (Å²) >= 11 is 1.73. The number of aliphatic imine (C=N–C) groups is 1. The zero-order valence-corrected chi connectivity index (χ0v) is 11.2. The topological polar surface area (TPSA) is 49.3 Å². The first-order valence-corrected chi connectivity index (χ1v) is 6.44. The summed E-state index contributed by atoms with van der Waals surface area (Å²) in [6, 6.07) is 0. The number of nitrogens with one attached hydrogen (secondary N) is 2.